The molecule has 1 N–H and O–H groups in total. The Morgan fingerprint density at radius 3 is 2.56 bits per heavy atom. The molecular weight excluding hydrogens is 367 g/mol. The molecule has 27 heavy (non-hydrogen) atoms. The zero-order valence-electron chi connectivity index (χ0n) is 15.0. The molecule has 140 valence electrons. The minimum Gasteiger partial charge on any atom is -0.494 e. The summed E-state index contributed by atoms with van der Waals surface area (Å²) in [4.78, 5) is 6.16. The van der Waals surface area contributed by atoms with Gasteiger partial charge in [0.15, 0.2) is 5.11 Å². The van der Waals surface area contributed by atoms with Crippen LogP contribution in [0.5, 0.6) is 5.75 Å². The van der Waals surface area contributed by atoms with Crippen molar-refractivity contribution in [2.45, 2.75) is 13.5 Å². The van der Waals surface area contributed by atoms with Crippen LogP contribution in [0.1, 0.15) is 12.8 Å². The van der Waals surface area contributed by atoms with Gasteiger partial charge in [-0.1, -0.05) is 5.16 Å². The third-order valence-electron chi connectivity index (χ3n) is 3.71. The predicted molar refractivity (Wildman–Crippen MR) is 105 cm³/mol. The molecular formula is C19H19FN4O2S. The zero-order chi connectivity index (χ0) is 19.2. The Morgan fingerprint density at radius 2 is 1.89 bits per heavy atom. The van der Waals surface area contributed by atoms with E-state index in [-0.39, 0.29) is 5.82 Å². The molecule has 0 radical (unpaired) electrons. The first-order valence-electron chi connectivity index (χ1n) is 8.38. The van der Waals surface area contributed by atoms with Gasteiger partial charge in [-0.25, -0.2) is 4.39 Å². The fourth-order valence-corrected chi connectivity index (χ4v) is 2.51. The molecule has 1 heterocycles. The number of aromatic nitrogens is 2. The molecule has 2 aromatic carbocycles. The second kappa shape index (κ2) is 8.59. The minimum absolute atomic E-state index is 0.299. The maximum atomic E-state index is 13.0. The normalized spacial score (nSPS) is 10.5. The molecule has 0 spiro atoms. The lowest BCUT2D eigenvalue weighted by Crippen LogP contribution is -2.30. The molecule has 8 heteroatoms. The van der Waals surface area contributed by atoms with Crippen LogP contribution in [-0.2, 0) is 6.54 Å². The molecule has 0 aliphatic carbocycles. The molecule has 0 amide bonds. The highest BCUT2D eigenvalue weighted by Gasteiger charge is 2.13. The quantitative estimate of drug-likeness (QED) is 0.640. The Morgan fingerprint density at radius 1 is 1.19 bits per heavy atom. The third-order valence-corrected chi connectivity index (χ3v) is 4.12. The smallest absolute Gasteiger partial charge is 0.246 e. The van der Waals surface area contributed by atoms with E-state index < -0.39 is 0 Å². The first-order chi connectivity index (χ1) is 13.0. The van der Waals surface area contributed by atoms with Crippen LogP contribution in [0.4, 0.5) is 10.1 Å². The van der Waals surface area contributed by atoms with Gasteiger partial charge in [0.2, 0.25) is 11.7 Å². The highest BCUT2D eigenvalue weighted by atomic mass is 32.1. The molecule has 0 atom stereocenters. The molecule has 1 aromatic heterocycles. The van der Waals surface area contributed by atoms with Crippen molar-refractivity contribution >= 4 is 23.0 Å². The molecule has 0 unspecified atom stereocenters. The van der Waals surface area contributed by atoms with Crippen molar-refractivity contribution < 1.29 is 13.7 Å². The van der Waals surface area contributed by atoms with Gasteiger partial charge in [0.25, 0.3) is 0 Å². The third kappa shape index (κ3) is 5.01. The highest BCUT2D eigenvalue weighted by molar-refractivity contribution is 7.80. The van der Waals surface area contributed by atoms with Crippen LogP contribution in [0, 0.1) is 5.82 Å². The minimum atomic E-state index is -0.299. The van der Waals surface area contributed by atoms with Gasteiger partial charge < -0.3 is 19.5 Å². The van der Waals surface area contributed by atoms with Crippen molar-refractivity contribution in [3.8, 4) is 17.1 Å². The lowest BCUT2D eigenvalue weighted by molar-refractivity contribution is 0.336. The number of halogens is 1. The molecule has 0 aliphatic rings. The Balaban J connectivity index is 1.60. The maximum absolute atomic E-state index is 13.0. The van der Waals surface area contributed by atoms with Crippen molar-refractivity contribution in [2.24, 2.45) is 0 Å². The number of hydrogen-bond acceptors (Lipinski definition) is 5. The Bertz CT molecular complexity index is 897. The van der Waals surface area contributed by atoms with E-state index in [2.05, 4.69) is 15.5 Å². The van der Waals surface area contributed by atoms with Crippen LogP contribution in [0.2, 0.25) is 0 Å². The monoisotopic (exact) mass is 386 g/mol. The number of hydrogen-bond donors (Lipinski definition) is 1. The van der Waals surface area contributed by atoms with Gasteiger partial charge in [0.1, 0.15) is 11.6 Å². The summed E-state index contributed by atoms with van der Waals surface area (Å²) in [6, 6.07) is 13.5. The number of benzene rings is 2. The van der Waals surface area contributed by atoms with Gasteiger partial charge in [-0.05, 0) is 67.7 Å². The lowest BCUT2D eigenvalue weighted by Gasteiger charge is -2.19. The Kier molecular flexibility index (Phi) is 5.97. The summed E-state index contributed by atoms with van der Waals surface area (Å²) in [5.74, 6) is 1.43. The fraction of sp³-hybridized carbons (Fsp3) is 0.211. The first kappa shape index (κ1) is 18.8. The number of nitrogens with one attached hydrogen (secondary N) is 1. The number of nitrogens with zero attached hydrogens (tertiary/aromatic N) is 3. The number of rotatable bonds is 6. The van der Waals surface area contributed by atoms with Crippen molar-refractivity contribution in [1.82, 2.24) is 15.0 Å². The Hall–Kier alpha value is -3.00. The fourth-order valence-electron chi connectivity index (χ4n) is 2.33. The zero-order valence-corrected chi connectivity index (χ0v) is 15.8. The number of thiocarbonyl (C=S) groups is 1. The average Bonchev–Trinajstić information content (AvgIpc) is 3.13. The molecule has 6 nitrogen and oxygen atoms in total. The summed E-state index contributed by atoms with van der Waals surface area (Å²) in [6.07, 6.45) is 0. The van der Waals surface area contributed by atoms with Crippen LogP contribution < -0.4 is 10.1 Å². The summed E-state index contributed by atoms with van der Waals surface area (Å²) < 4.78 is 23.7. The van der Waals surface area contributed by atoms with Crippen molar-refractivity contribution in [2.75, 3.05) is 19.0 Å². The SMILES string of the molecule is CCOc1ccc(-c2noc(CN(C)C(=S)Nc3ccc(F)cc3)n2)cc1. The number of ether oxygens (including phenoxy) is 1. The largest absolute Gasteiger partial charge is 0.494 e. The van der Waals surface area contributed by atoms with Gasteiger partial charge in [-0.15, -0.1) is 0 Å². The van der Waals surface area contributed by atoms with E-state index in [0.29, 0.717) is 35.7 Å². The highest BCUT2D eigenvalue weighted by Crippen LogP contribution is 2.20. The molecule has 0 saturated carbocycles. The van der Waals surface area contributed by atoms with Crippen molar-refractivity contribution in [1.29, 1.82) is 0 Å². The van der Waals surface area contributed by atoms with E-state index in [1.54, 1.807) is 24.1 Å². The van der Waals surface area contributed by atoms with Gasteiger partial charge in [-0.3, -0.25) is 0 Å². The van der Waals surface area contributed by atoms with E-state index in [9.17, 15) is 4.39 Å². The van der Waals surface area contributed by atoms with Gasteiger partial charge in [0.05, 0.1) is 13.2 Å². The van der Waals surface area contributed by atoms with Crippen molar-refractivity contribution in [3.05, 3.63) is 60.2 Å². The topological polar surface area (TPSA) is 63.4 Å². The Labute approximate surface area is 162 Å². The molecule has 0 fully saturated rings. The maximum Gasteiger partial charge on any atom is 0.246 e. The summed E-state index contributed by atoms with van der Waals surface area (Å²) in [5, 5.41) is 7.50. The molecule has 3 rings (SSSR count). The second-order valence-corrected chi connectivity index (χ2v) is 6.15. The predicted octanol–water partition coefficient (Wildman–Crippen LogP) is 4.10. The first-order valence-corrected chi connectivity index (χ1v) is 8.79. The molecule has 0 aliphatic heterocycles. The average molecular weight is 386 g/mol. The van der Waals surface area contributed by atoms with E-state index >= 15 is 0 Å². The van der Waals surface area contributed by atoms with Gasteiger partial charge >= 0.3 is 0 Å². The van der Waals surface area contributed by atoms with Gasteiger partial charge in [0, 0.05) is 18.3 Å². The molecule has 0 saturated heterocycles. The summed E-state index contributed by atoms with van der Waals surface area (Å²) in [5.41, 5.74) is 1.54. The summed E-state index contributed by atoms with van der Waals surface area (Å²) >= 11 is 5.35. The standard InChI is InChI=1S/C19H19FN4O2S/c1-3-25-16-10-4-13(5-11-16)18-22-17(26-23-18)12-24(2)19(27)21-15-8-6-14(20)7-9-15/h4-11H,3,12H2,1-2H3,(H,21,27). The van der Waals surface area contributed by atoms with Crippen LogP contribution in [0.15, 0.2) is 53.1 Å². The number of anilines is 1. The van der Waals surface area contributed by atoms with E-state index in [1.165, 1.54) is 12.1 Å². The molecule has 0 bridgehead atoms. The van der Waals surface area contributed by atoms with Crippen LogP contribution in [0.25, 0.3) is 11.4 Å². The van der Waals surface area contributed by atoms with Crippen LogP contribution >= 0.6 is 12.2 Å². The summed E-state index contributed by atoms with van der Waals surface area (Å²) in [6.45, 7) is 2.90. The lowest BCUT2D eigenvalue weighted by atomic mass is 10.2. The van der Waals surface area contributed by atoms with Gasteiger partial charge in [-0.2, -0.15) is 4.98 Å². The molecule has 3 aromatic rings. The van der Waals surface area contributed by atoms with Crippen LogP contribution in [0.3, 0.4) is 0 Å². The van der Waals surface area contributed by atoms with E-state index in [4.69, 9.17) is 21.5 Å². The van der Waals surface area contributed by atoms with E-state index in [1.807, 2.05) is 31.2 Å². The van der Waals surface area contributed by atoms with E-state index in [0.717, 1.165) is 11.3 Å². The van der Waals surface area contributed by atoms with Crippen molar-refractivity contribution in [3.63, 3.8) is 0 Å². The summed E-state index contributed by atoms with van der Waals surface area (Å²) in [7, 11) is 1.81. The second-order valence-electron chi connectivity index (χ2n) is 5.76. The van der Waals surface area contributed by atoms with Crippen LogP contribution in [-0.4, -0.2) is 33.8 Å².